The zero-order valence-electron chi connectivity index (χ0n) is 15.3. The first-order valence-corrected chi connectivity index (χ1v) is 11.2. The van der Waals surface area contributed by atoms with Gasteiger partial charge in [-0.3, -0.25) is 0 Å². The summed E-state index contributed by atoms with van der Waals surface area (Å²) in [6.45, 7) is 7.70. The van der Waals surface area contributed by atoms with E-state index < -0.39 is 10.0 Å². The zero-order valence-corrected chi connectivity index (χ0v) is 16.1. The molecule has 3 nitrogen and oxygen atoms in total. The average molecular weight is 334 g/mol. The van der Waals surface area contributed by atoms with Gasteiger partial charge in [0.15, 0.2) is 0 Å². The summed E-state index contributed by atoms with van der Waals surface area (Å²) in [6.07, 6.45) is 14.0. The highest BCUT2D eigenvalue weighted by atomic mass is 32.2. The number of sulfonamides is 1. The molecular formula is C18H39NO2S. The summed E-state index contributed by atoms with van der Waals surface area (Å²) in [5, 5.41) is 0. The first kappa shape index (κ1) is 21.9. The zero-order chi connectivity index (χ0) is 16.7. The van der Waals surface area contributed by atoms with Crippen LogP contribution in [0.15, 0.2) is 0 Å². The van der Waals surface area contributed by atoms with Gasteiger partial charge in [0.25, 0.3) is 0 Å². The quantitative estimate of drug-likeness (QED) is 0.357. The Kier molecular flexibility index (Phi) is 14.4. The molecule has 0 saturated heterocycles. The largest absolute Gasteiger partial charge is 0.214 e. The molecule has 0 unspecified atom stereocenters. The molecular weight excluding hydrogens is 294 g/mol. The lowest BCUT2D eigenvalue weighted by Gasteiger charge is -2.20. The minimum atomic E-state index is -3.03. The Morgan fingerprint density at radius 1 is 0.636 bits per heavy atom. The molecule has 0 N–H and O–H groups in total. The monoisotopic (exact) mass is 333 g/mol. The van der Waals surface area contributed by atoms with Gasteiger partial charge in [-0.2, -0.15) is 0 Å². The van der Waals surface area contributed by atoms with E-state index in [2.05, 4.69) is 13.8 Å². The van der Waals surface area contributed by atoms with Crippen molar-refractivity contribution in [3.8, 4) is 0 Å². The van der Waals surface area contributed by atoms with Gasteiger partial charge in [-0.25, -0.2) is 12.7 Å². The van der Waals surface area contributed by atoms with Crippen molar-refractivity contribution < 1.29 is 8.42 Å². The van der Waals surface area contributed by atoms with E-state index in [9.17, 15) is 8.42 Å². The molecule has 0 atom stereocenters. The Morgan fingerprint density at radius 2 is 1.09 bits per heavy atom. The van der Waals surface area contributed by atoms with Gasteiger partial charge in [0, 0.05) is 13.1 Å². The standard InChI is InChI=1S/C18H39NO2S/c1-4-7-9-11-13-15-17-19(6-3)22(20,21)18-16-14-12-10-8-5-2/h4-18H2,1-3H3. The van der Waals surface area contributed by atoms with E-state index in [-0.39, 0.29) is 0 Å². The number of unbranched alkanes of at least 4 members (excludes halogenated alkanes) is 10. The molecule has 0 aromatic carbocycles. The average Bonchev–Trinajstić information content (AvgIpc) is 2.49. The van der Waals surface area contributed by atoms with Gasteiger partial charge in [-0.15, -0.1) is 0 Å². The minimum absolute atomic E-state index is 0.336. The van der Waals surface area contributed by atoms with E-state index in [0.717, 1.165) is 25.7 Å². The van der Waals surface area contributed by atoms with Crippen molar-refractivity contribution in [2.45, 2.75) is 97.8 Å². The van der Waals surface area contributed by atoms with Crippen LogP contribution < -0.4 is 0 Å². The van der Waals surface area contributed by atoms with E-state index in [1.165, 1.54) is 51.4 Å². The molecule has 0 aromatic heterocycles. The summed E-state index contributed by atoms with van der Waals surface area (Å²) >= 11 is 0. The highest BCUT2D eigenvalue weighted by Gasteiger charge is 2.19. The van der Waals surface area contributed by atoms with Gasteiger partial charge in [0.05, 0.1) is 5.75 Å². The lowest BCUT2D eigenvalue weighted by molar-refractivity contribution is 0.410. The third kappa shape index (κ3) is 11.5. The second-order valence-electron chi connectivity index (χ2n) is 6.34. The highest BCUT2D eigenvalue weighted by Crippen LogP contribution is 2.11. The molecule has 0 saturated carbocycles. The Morgan fingerprint density at radius 3 is 1.59 bits per heavy atom. The van der Waals surface area contributed by atoms with Gasteiger partial charge < -0.3 is 0 Å². The van der Waals surface area contributed by atoms with Gasteiger partial charge in [0.1, 0.15) is 0 Å². The van der Waals surface area contributed by atoms with Crippen LogP contribution >= 0.6 is 0 Å². The molecule has 0 rings (SSSR count). The SMILES string of the molecule is CCCCCCCCN(CC)S(=O)(=O)CCCCCCCC. The molecule has 0 heterocycles. The Hall–Kier alpha value is -0.0900. The van der Waals surface area contributed by atoms with Crippen LogP contribution in [0.2, 0.25) is 0 Å². The van der Waals surface area contributed by atoms with Crippen LogP contribution in [0, 0.1) is 0 Å². The van der Waals surface area contributed by atoms with Gasteiger partial charge in [0.2, 0.25) is 10.0 Å². The summed E-state index contributed by atoms with van der Waals surface area (Å²) in [6, 6.07) is 0. The normalized spacial score (nSPS) is 12.2. The summed E-state index contributed by atoms with van der Waals surface area (Å²) in [5.41, 5.74) is 0. The van der Waals surface area contributed by atoms with Crippen molar-refractivity contribution in [2.75, 3.05) is 18.8 Å². The van der Waals surface area contributed by atoms with Crippen molar-refractivity contribution in [1.29, 1.82) is 0 Å². The summed E-state index contributed by atoms with van der Waals surface area (Å²) in [5.74, 6) is 0.336. The van der Waals surface area contributed by atoms with Crippen molar-refractivity contribution in [1.82, 2.24) is 4.31 Å². The third-order valence-electron chi connectivity index (χ3n) is 4.26. The molecule has 4 heteroatoms. The van der Waals surface area contributed by atoms with E-state index in [4.69, 9.17) is 0 Å². The van der Waals surface area contributed by atoms with Crippen molar-refractivity contribution in [3.05, 3.63) is 0 Å². The second kappa shape index (κ2) is 14.5. The lowest BCUT2D eigenvalue weighted by atomic mass is 10.1. The van der Waals surface area contributed by atoms with Crippen LogP contribution in [-0.2, 0) is 10.0 Å². The molecule has 0 bridgehead atoms. The molecule has 0 aliphatic rings. The van der Waals surface area contributed by atoms with Crippen molar-refractivity contribution >= 4 is 10.0 Å². The predicted octanol–water partition coefficient (Wildman–Crippen LogP) is 5.36. The molecule has 0 spiro atoms. The van der Waals surface area contributed by atoms with Crippen LogP contribution in [0.4, 0.5) is 0 Å². The van der Waals surface area contributed by atoms with Crippen LogP contribution in [0.3, 0.4) is 0 Å². The number of rotatable bonds is 16. The van der Waals surface area contributed by atoms with Gasteiger partial charge in [-0.1, -0.05) is 85.0 Å². The highest BCUT2D eigenvalue weighted by molar-refractivity contribution is 7.89. The van der Waals surface area contributed by atoms with Crippen LogP contribution in [0.1, 0.15) is 97.8 Å². The van der Waals surface area contributed by atoms with Crippen LogP contribution in [0.25, 0.3) is 0 Å². The van der Waals surface area contributed by atoms with E-state index in [0.29, 0.717) is 18.8 Å². The topological polar surface area (TPSA) is 37.4 Å². The molecule has 0 fully saturated rings. The number of hydrogen-bond donors (Lipinski definition) is 0. The second-order valence-corrected chi connectivity index (χ2v) is 8.43. The summed E-state index contributed by atoms with van der Waals surface area (Å²) in [4.78, 5) is 0. The first-order chi connectivity index (χ1) is 10.6. The van der Waals surface area contributed by atoms with E-state index in [1.54, 1.807) is 4.31 Å². The maximum atomic E-state index is 12.3. The summed E-state index contributed by atoms with van der Waals surface area (Å²) < 4.78 is 26.4. The molecule has 0 amide bonds. The first-order valence-electron chi connectivity index (χ1n) is 9.56. The summed E-state index contributed by atoms with van der Waals surface area (Å²) in [7, 11) is -3.03. The van der Waals surface area contributed by atoms with E-state index >= 15 is 0 Å². The maximum absolute atomic E-state index is 12.3. The smallest absolute Gasteiger partial charge is 0.212 e. The van der Waals surface area contributed by atoms with Crippen molar-refractivity contribution in [2.24, 2.45) is 0 Å². The fourth-order valence-electron chi connectivity index (χ4n) is 2.76. The molecule has 0 aliphatic heterocycles. The van der Waals surface area contributed by atoms with E-state index in [1.807, 2.05) is 6.92 Å². The van der Waals surface area contributed by atoms with Gasteiger partial charge >= 0.3 is 0 Å². The molecule has 0 aromatic rings. The number of hydrogen-bond acceptors (Lipinski definition) is 2. The Balaban J connectivity index is 3.86. The lowest BCUT2D eigenvalue weighted by Crippen LogP contribution is -2.33. The minimum Gasteiger partial charge on any atom is -0.212 e. The number of nitrogens with zero attached hydrogens (tertiary/aromatic N) is 1. The van der Waals surface area contributed by atoms with Crippen LogP contribution in [-0.4, -0.2) is 31.6 Å². The molecule has 0 aliphatic carbocycles. The third-order valence-corrected chi connectivity index (χ3v) is 6.30. The Bertz CT molecular complexity index is 328. The maximum Gasteiger partial charge on any atom is 0.214 e. The van der Waals surface area contributed by atoms with Crippen molar-refractivity contribution in [3.63, 3.8) is 0 Å². The Labute approximate surface area is 139 Å². The molecule has 0 radical (unpaired) electrons. The molecule has 134 valence electrons. The predicted molar refractivity (Wildman–Crippen MR) is 97.8 cm³/mol. The van der Waals surface area contributed by atoms with Crippen LogP contribution in [0.5, 0.6) is 0 Å². The fourth-order valence-corrected chi connectivity index (χ4v) is 4.38. The van der Waals surface area contributed by atoms with Gasteiger partial charge in [-0.05, 0) is 12.8 Å². The molecule has 22 heavy (non-hydrogen) atoms. The fraction of sp³-hybridized carbons (Fsp3) is 1.00.